The molecule has 0 unspecified atom stereocenters. The molecule has 0 aromatic carbocycles. The molecule has 1 saturated heterocycles. The molecule has 2 aliphatic rings. The van der Waals surface area contributed by atoms with Crippen LogP contribution < -0.4 is 5.32 Å². The predicted molar refractivity (Wildman–Crippen MR) is 65.1 cm³/mol. The van der Waals surface area contributed by atoms with Crippen molar-refractivity contribution >= 4 is 0 Å². The van der Waals surface area contributed by atoms with Crippen molar-refractivity contribution in [2.75, 3.05) is 20.1 Å². The topological polar surface area (TPSA) is 15.3 Å². The SMILES string of the molecule is CN(C[C@H]1CCCCN1)C1CCCCC1. The third kappa shape index (κ3) is 3.46. The van der Waals surface area contributed by atoms with Gasteiger partial charge in [0, 0.05) is 18.6 Å². The van der Waals surface area contributed by atoms with Gasteiger partial charge < -0.3 is 10.2 Å². The monoisotopic (exact) mass is 210 g/mol. The van der Waals surface area contributed by atoms with Crippen LogP contribution in [-0.2, 0) is 0 Å². The number of hydrogen-bond donors (Lipinski definition) is 1. The van der Waals surface area contributed by atoms with Crippen LogP contribution in [0.4, 0.5) is 0 Å². The summed E-state index contributed by atoms with van der Waals surface area (Å²) in [6.07, 6.45) is 11.4. The molecule has 2 rings (SSSR count). The van der Waals surface area contributed by atoms with E-state index in [0.717, 1.165) is 12.1 Å². The Hall–Kier alpha value is -0.0800. The van der Waals surface area contributed by atoms with E-state index in [1.54, 1.807) is 0 Å². The molecule has 0 bridgehead atoms. The van der Waals surface area contributed by atoms with Gasteiger partial charge in [-0.15, -0.1) is 0 Å². The lowest BCUT2D eigenvalue weighted by Gasteiger charge is -2.35. The highest BCUT2D eigenvalue weighted by Crippen LogP contribution is 2.22. The lowest BCUT2D eigenvalue weighted by molar-refractivity contribution is 0.166. The van der Waals surface area contributed by atoms with Crippen molar-refractivity contribution in [3.05, 3.63) is 0 Å². The second kappa shape index (κ2) is 5.86. The number of nitrogens with zero attached hydrogens (tertiary/aromatic N) is 1. The smallest absolute Gasteiger partial charge is 0.0195 e. The molecule has 88 valence electrons. The van der Waals surface area contributed by atoms with E-state index in [9.17, 15) is 0 Å². The average molecular weight is 210 g/mol. The first-order chi connectivity index (χ1) is 7.36. The van der Waals surface area contributed by atoms with Crippen molar-refractivity contribution in [1.29, 1.82) is 0 Å². The molecule has 15 heavy (non-hydrogen) atoms. The van der Waals surface area contributed by atoms with Gasteiger partial charge in [-0.3, -0.25) is 0 Å². The summed E-state index contributed by atoms with van der Waals surface area (Å²) in [6, 6.07) is 1.65. The van der Waals surface area contributed by atoms with E-state index in [1.807, 2.05) is 0 Å². The van der Waals surface area contributed by atoms with Crippen LogP contribution in [0.25, 0.3) is 0 Å². The molecule has 0 aromatic heterocycles. The lowest BCUT2D eigenvalue weighted by Crippen LogP contribution is -2.46. The fraction of sp³-hybridized carbons (Fsp3) is 1.00. The normalized spacial score (nSPS) is 29.6. The summed E-state index contributed by atoms with van der Waals surface area (Å²) >= 11 is 0. The molecular formula is C13H26N2. The predicted octanol–water partition coefficient (Wildman–Crippen LogP) is 2.39. The molecule has 1 aliphatic carbocycles. The first-order valence-corrected chi connectivity index (χ1v) is 6.80. The average Bonchev–Trinajstić information content (AvgIpc) is 2.31. The highest BCUT2D eigenvalue weighted by Gasteiger charge is 2.21. The second-order valence-corrected chi connectivity index (χ2v) is 5.38. The number of hydrogen-bond acceptors (Lipinski definition) is 2. The Morgan fingerprint density at radius 2 is 1.73 bits per heavy atom. The second-order valence-electron chi connectivity index (χ2n) is 5.38. The maximum Gasteiger partial charge on any atom is 0.0195 e. The van der Waals surface area contributed by atoms with E-state index in [1.165, 1.54) is 64.5 Å². The maximum atomic E-state index is 3.65. The molecule has 2 heteroatoms. The van der Waals surface area contributed by atoms with Gasteiger partial charge in [0.05, 0.1) is 0 Å². The highest BCUT2D eigenvalue weighted by molar-refractivity contribution is 4.80. The first-order valence-electron chi connectivity index (χ1n) is 6.80. The maximum absolute atomic E-state index is 3.65. The minimum absolute atomic E-state index is 0.769. The summed E-state index contributed by atoms with van der Waals surface area (Å²) in [5.41, 5.74) is 0. The van der Waals surface area contributed by atoms with E-state index < -0.39 is 0 Å². The van der Waals surface area contributed by atoms with Crippen molar-refractivity contribution in [3.63, 3.8) is 0 Å². The third-order valence-corrected chi connectivity index (χ3v) is 4.12. The molecule has 1 saturated carbocycles. The Labute approximate surface area is 94.4 Å². The van der Waals surface area contributed by atoms with Crippen LogP contribution in [0.2, 0.25) is 0 Å². The van der Waals surface area contributed by atoms with Crippen molar-refractivity contribution in [1.82, 2.24) is 10.2 Å². The fourth-order valence-electron chi connectivity index (χ4n) is 3.10. The number of rotatable bonds is 3. The number of nitrogens with one attached hydrogen (secondary N) is 1. The van der Waals surface area contributed by atoms with Gasteiger partial charge in [-0.2, -0.15) is 0 Å². The summed E-state index contributed by atoms with van der Waals surface area (Å²) in [5, 5.41) is 3.65. The number of piperidine rings is 1. The zero-order valence-electron chi connectivity index (χ0n) is 10.2. The molecular weight excluding hydrogens is 184 g/mol. The first kappa shape index (κ1) is 11.4. The standard InChI is InChI=1S/C13H26N2/c1-15(13-8-3-2-4-9-13)11-12-7-5-6-10-14-12/h12-14H,2-11H2,1H3/t12-/m1/s1. The summed E-state index contributed by atoms with van der Waals surface area (Å²) in [4.78, 5) is 2.61. The van der Waals surface area contributed by atoms with Gasteiger partial charge in [0.1, 0.15) is 0 Å². The summed E-state index contributed by atoms with van der Waals surface area (Å²) in [5.74, 6) is 0. The molecule has 1 heterocycles. The van der Waals surface area contributed by atoms with E-state index >= 15 is 0 Å². The molecule has 1 N–H and O–H groups in total. The van der Waals surface area contributed by atoms with Gasteiger partial charge in [0.25, 0.3) is 0 Å². The molecule has 2 fully saturated rings. The van der Waals surface area contributed by atoms with Crippen LogP contribution >= 0.6 is 0 Å². The zero-order chi connectivity index (χ0) is 10.5. The van der Waals surface area contributed by atoms with Crippen molar-refractivity contribution in [2.45, 2.75) is 63.5 Å². The Balaban J connectivity index is 1.72. The largest absolute Gasteiger partial charge is 0.313 e. The Kier molecular flexibility index (Phi) is 4.45. The molecule has 0 amide bonds. The van der Waals surface area contributed by atoms with Crippen LogP contribution in [0.15, 0.2) is 0 Å². The van der Waals surface area contributed by atoms with Gasteiger partial charge >= 0.3 is 0 Å². The summed E-state index contributed by atoms with van der Waals surface area (Å²) < 4.78 is 0. The van der Waals surface area contributed by atoms with Crippen LogP contribution in [-0.4, -0.2) is 37.1 Å². The van der Waals surface area contributed by atoms with Crippen molar-refractivity contribution in [3.8, 4) is 0 Å². The van der Waals surface area contributed by atoms with E-state index in [4.69, 9.17) is 0 Å². The van der Waals surface area contributed by atoms with Crippen molar-refractivity contribution in [2.24, 2.45) is 0 Å². The Bertz CT molecular complexity index is 169. The molecule has 0 spiro atoms. The van der Waals surface area contributed by atoms with E-state index in [-0.39, 0.29) is 0 Å². The molecule has 2 nitrogen and oxygen atoms in total. The molecule has 0 radical (unpaired) electrons. The number of likely N-dealkylation sites (N-methyl/N-ethyl adjacent to an activating group) is 1. The highest BCUT2D eigenvalue weighted by atomic mass is 15.2. The van der Waals surface area contributed by atoms with Gasteiger partial charge in [0.15, 0.2) is 0 Å². The Morgan fingerprint density at radius 1 is 1.00 bits per heavy atom. The lowest BCUT2D eigenvalue weighted by atomic mass is 9.94. The van der Waals surface area contributed by atoms with Crippen LogP contribution in [0.3, 0.4) is 0 Å². The van der Waals surface area contributed by atoms with Crippen LogP contribution in [0.1, 0.15) is 51.4 Å². The third-order valence-electron chi connectivity index (χ3n) is 4.12. The summed E-state index contributed by atoms with van der Waals surface area (Å²) in [7, 11) is 2.33. The van der Waals surface area contributed by atoms with Crippen molar-refractivity contribution < 1.29 is 0 Å². The Morgan fingerprint density at radius 3 is 2.40 bits per heavy atom. The van der Waals surface area contributed by atoms with Gasteiger partial charge in [0.2, 0.25) is 0 Å². The van der Waals surface area contributed by atoms with Gasteiger partial charge in [-0.25, -0.2) is 0 Å². The zero-order valence-corrected chi connectivity index (χ0v) is 10.2. The molecule has 0 aromatic rings. The fourth-order valence-corrected chi connectivity index (χ4v) is 3.10. The van der Waals surface area contributed by atoms with Gasteiger partial charge in [-0.1, -0.05) is 25.7 Å². The van der Waals surface area contributed by atoms with E-state index in [2.05, 4.69) is 17.3 Å². The van der Waals surface area contributed by atoms with Gasteiger partial charge in [-0.05, 0) is 39.3 Å². The minimum atomic E-state index is 0.769. The van der Waals surface area contributed by atoms with E-state index in [0.29, 0.717) is 0 Å². The minimum Gasteiger partial charge on any atom is -0.313 e. The quantitative estimate of drug-likeness (QED) is 0.769. The van der Waals surface area contributed by atoms with Crippen LogP contribution in [0.5, 0.6) is 0 Å². The van der Waals surface area contributed by atoms with Crippen LogP contribution in [0, 0.1) is 0 Å². The molecule has 1 aliphatic heterocycles. The summed E-state index contributed by atoms with van der Waals surface area (Å²) in [6.45, 7) is 2.51. The molecule has 1 atom stereocenters.